The molecule has 1 aliphatic heterocycles. The van der Waals surface area contributed by atoms with Crippen molar-refractivity contribution in [1.82, 2.24) is 9.21 Å². The summed E-state index contributed by atoms with van der Waals surface area (Å²) < 4.78 is 39.6. The fourth-order valence-electron chi connectivity index (χ4n) is 2.30. The van der Waals surface area contributed by atoms with Crippen LogP contribution < -0.4 is 0 Å². The van der Waals surface area contributed by atoms with E-state index in [1.54, 1.807) is 0 Å². The Bertz CT molecular complexity index is 573. The summed E-state index contributed by atoms with van der Waals surface area (Å²) in [6.45, 7) is 1.30. The van der Waals surface area contributed by atoms with Crippen molar-refractivity contribution in [2.24, 2.45) is 0 Å². The van der Waals surface area contributed by atoms with Crippen LogP contribution in [0.25, 0.3) is 0 Å². The number of aliphatic hydroxyl groups excluding tert-OH is 2. The molecule has 118 valence electrons. The van der Waals surface area contributed by atoms with Crippen LogP contribution in [0.4, 0.5) is 4.39 Å². The highest BCUT2D eigenvalue weighted by atomic mass is 32.2. The third-order valence-corrected chi connectivity index (χ3v) is 5.40. The van der Waals surface area contributed by atoms with Gasteiger partial charge in [0.25, 0.3) is 0 Å². The summed E-state index contributed by atoms with van der Waals surface area (Å²) in [5, 5.41) is 18.2. The van der Waals surface area contributed by atoms with E-state index in [-0.39, 0.29) is 24.6 Å². The highest BCUT2D eigenvalue weighted by molar-refractivity contribution is 7.89. The fourth-order valence-corrected chi connectivity index (χ4v) is 3.79. The van der Waals surface area contributed by atoms with Crippen molar-refractivity contribution in [3.63, 3.8) is 0 Å². The number of rotatable bonds is 5. The lowest BCUT2D eigenvalue weighted by molar-refractivity contribution is 0.0491. The maximum absolute atomic E-state index is 13.7. The lowest BCUT2D eigenvalue weighted by atomic mass is 10.3. The first-order chi connectivity index (χ1) is 9.95. The monoisotopic (exact) mass is 318 g/mol. The average Bonchev–Trinajstić information content (AvgIpc) is 2.48. The van der Waals surface area contributed by atoms with Gasteiger partial charge in [-0.2, -0.15) is 4.31 Å². The molecule has 8 heteroatoms. The molecule has 1 heterocycles. The molecule has 1 aromatic carbocycles. The summed E-state index contributed by atoms with van der Waals surface area (Å²) in [5.74, 6) is -0.754. The molecule has 1 atom stereocenters. The third-order valence-electron chi connectivity index (χ3n) is 3.47. The van der Waals surface area contributed by atoms with E-state index in [0.717, 1.165) is 6.07 Å². The summed E-state index contributed by atoms with van der Waals surface area (Å²) >= 11 is 0. The molecule has 1 saturated heterocycles. The minimum atomic E-state index is -3.83. The minimum absolute atomic E-state index is 0.231. The summed E-state index contributed by atoms with van der Waals surface area (Å²) in [5.41, 5.74) is 0. The Hall–Kier alpha value is -1.06. The second-order valence-corrected chi connectivity index (χ2v) is 6.88. The Labute approximate surface area is 123 Å². The van der Waals surface area contributed by atoms with Gasteiger partial charge in [-0.1, -0.05) is 12.1 Å². The van der Waals surface area contributed by atoms with Gasteiger partial charge < -0.3 is 10.2 Å². The van der Waals surface area contributed by atoms with E-state index in [9.17, 15) is 17.9 Å². The Morgan fingerprint density at radius 2 is 1.81 bits per heavy atom. The van der Waals surface area contributed by atoms with E-state index in [0.29, 0.717) is 19.6 Å². The summed E-state index contributed by atoms with van der Waals surface area (Å²) in [6.07, 6.45) is -0.834. The number of hydrogen-bond acceptors (Lipinski definition) is 5. The molecule has 21 heavy (non-hydrogen) atoms. The molecule has 1 aromatic rings. The number of sulfonamides is 1. The molecule has 0 unspecified atom stereocenters. The van der Waals surface area contributed by atoms with E-state index in [4.69, 9.17) is 5.11 Å². The number of hydrogen-bond donors (Lipinski definition) is 2. The Morgan fingerprint density at radius 1 is 1.19 bits per heavy atom. The quantitative estimate of drug-likeness (QED) is 0.764. The van der Waals surface area contributed by atoms with Crippen molar-refractivity contribution in [3.8, 4) is 0 Å². The van der Waals surface area contributed by atoms with Crippen LogP contribution in [0.15, 0.2) is 29.2 Å². The number of β-amino-alcohol motifs (C(OH)–C–C–N with tert-alkyl or cyclic N) is 1. The topological polar surface area (TPSA) is 81.1 Å². The Kier molecular flexibility index (Phi) is 5.28. The molecular weight excluding hydrogens is 299 g/mol. The van der Waals surface area contributed by atoms with Gasteiger partial charge in [0.05, 0.1) is 12.7 Å². The first-order valence-corrected chi connectivity index (χ1v) is 8.15. The molecule has 1 fully saturated rings. The maximum atomic E-state index is 13.7. The lowest BCUT2D eigenvalue weighted by Crippen LogP contribution is -2.50. The zero-order valence-electron chi connectivity index (χ0n) is 11.5. The molecular formula is C13H19FN2O4S. The highest BCUT2D eigenvalue weighted by Crippen LogP contribution is 2.20. The van der Waals surface area contributed by atoms with Crippen molar-refractivity contribution in [2.75, 3.05) is 39.3 Å². The molecule has 2 N–H and O–H groups in total. The van der Waals surface area contributed by atoms with E-state index < -0.39 is 21.9 Å². The predicted molar refractivity (Wildman–Crippen MR) is 74.7 cm³/mol. The summed E-state index contributed by atoms with van der Waals surface area (Å²) in [4.78, 5) is 1.56. The van der Waals surface area contributed by atoms with Gasteiger partial charge in [0.1, 0.15) is 10.7 Å². The number of piperazine rings is 1. The lowest BCUT2D eigenvalue weighted by Gasteiger charge is -2.34. The van der Waals surface area contributed by atoms with E-state index in [1.807, 2.05) is 4.90 Å². The Morgan fingerprint density at radius 3 is 2.38 bits per heavy atom. The van der Waals surface area contributed by atoms with Gasteiger partial charge in [-0.15, -0.1) is 0 Å². The van der Waals surface area contributed by atoms with Gasteiger partial charge in [-0.25, -0.2) is 12.8 Å². The average molecular weight is 318 g/mol. The molecule has 6 nitrogen and oxygen atoms in total. The standard InChI is InChI=1S/C13H19FN2O4S/c14-12-3-1-2-4-13(12)21(19,20)16-7-5-15(6-8-16)9-11(18)10-17/h1-4,11,17-18H,5-10H2/t11-/m1/s1. The van der Waals surface area contributed by atoms with Crippen molar-refractivity contribution in [1.29, 1.82) is 0 Å². The molecule has 0 amide bonds. The molecule has 0 saturated carbocycles. The van der Waals surface area contributed by atoms with Crippen LogP contribution in [0.2, 0.25) is 0 Å². The second-order valence-electron chi connectivity index (χ2n) is 4.97. The van der Waals surface area contributed by atoms with Crippen LogP contribution in [0, 0.1) is 5.82 Å². The molecule has 0 bridgehead atoms. The van der Waals surface area contributed by atoms with Gasteiger partial charge in [-0.3, -0.25) is 4.90 Å². The molecule has 1 aliphatic rings. The van der Waals surface area contributed by atoms with Gasteiger partial charge in [0, 0.05) is 32.7 Å². The first kappa shape index (κ1) is 16.3. The molecule has 0 aromatic heterocycles. The normalized spacial score (nSPS) is 19.6. The first-order valence-electron chi connectivity index (χ1n) is 6.71. The van der Waals surface area contributed by atoms with Crippen LogP contribution in [-0.4, -0.2) is 73.3 Å². The maximum Gasteiger partial charge on any atom is 0.246 e. The predicted octanol–water partition coefficient (Wildman–Crippen LogP) is -0.515. The zero-order chi connectivity index (χ0) is 15.5. The Balaban J connectivity index is 2.03. The minimum Gasteiger partial charge on any atom is -0.394 e. The largest absolute Gasteiger partial charge is 0.394 e. The van der Waals surface area contributed by atoms with E-state index in [2.05, 4.69) is 0 Å². The summed E-state index contributed by atoms with van der Waals surface area (Å²) in [6, 6.07) is 5.32. The third kappa shape index (κ3) is 3.78. The van der Waals surface area contributed by atoms with E-state index >= 15 is 0 Å². The van der Waals surface area contributed by atoms with Crippen molar-refractivity contribution in [2.45, 2.75) is 11.0 Å². The zero-order valence-corrected chi connectivity index (χ0v) is 12.3. The molecule has 2 rings (SSSR count). The van der Waals surface area contributed by atoms with Crippen molar-refractivity contribution >= 4 is 10.0 Å². The van der Waals surface area contributed by atoms with Crippen LogP contribution in [0.3, 0.4) is 0 Å². The van der Waals surface area contributed by atoms with Gasteiger partial charge in [-0.05, 0) is 12.1 Å². The SMILES string of the molecule is O=S(=O)(c1ccccc1F)N1CCN(C[C@@H](O)CO)CC1. The summed E-state index contributed by atoms with van der Waals surface area (Å²) in [7, 11) is -3.83. The van der Waals surface area contributed by atoms with Gasteiger partial charge in [0.2, 0.25) is 10.0 Å². The number of benzene rings is 1. The van der Waals surface area contributed by atoms with Crippen LogP contribution in [-0.2, 0) is 10.0 Å². The van der Waals surface area contributed by atoms with Crippen LogP contribution >= 0.6 is 0 Å². The molecule has 0 radical (unpaired) electrons. The van der Waals surface area contributed by atoms with Gasteiger partial charge >= 0.3 is 0 Å². The van der Waals surface area contributed by atoms with Gasteiger partial charge in [0.15, 0.2) is 0 Å². The van der Waals surface area contributed by atoms with Crippen molar-refractivity contribution in [3.05, 3.63) is 30.1 Å². The smallest absolute Gasteiger partial charge is 0.246 e. The fraction of sp³-hybridized carbons (Fsp3) is 0.538. The highest BCUT2D eigenvalue weighted by Gasteiger charge is 2.30. The number of aliphatic hydroxyl groups is 2. The van der Waals surface area contributed by atoms with E-state index in [1.165, 1.54) is 22.5 Å². The van der Waals surface area contributed by atoms with Crippen LogP contribution in [0.5, 0.6) is 0 Å². The number of halogens is 1. The molecule has 0 aliphatic carbocycles. The number of nitrogens with zero attached hydrogens (tertiary/aromatic N) is 2. The molecule has 0 spiro atoms. The second kappa shape index (κ2) is 6.80. The van der Waals surface area contributed by atoms with Crippen LogP contribution in [0.1, 0.15) is 0 Å². The van der Waals surface area contributed by atoms with Crippen molar-refractivity contribution < 1.29 is 23.0 Å².